The molecule has 1 heterocycles. The Labute approximate surface area is 170 Å². The minimum absolute atomic E-state index is 0.258. The van der Waals surface area contributed by atoms with E-state index in [-0.39, 0.29) is 6.54 Å². The minimum Gasteiger partial charge on any atom is -0.480 e. The Bertz CT molecular complexity index is 685. The van der Waals surface area contributed by atoms with Crippen LogP contribution in [0.5, 0.6) is 0 Å². The van der Waals surface area contributed by atoms with Gasteiger partial charge in [0.25, 0.3) is 0 Å². The lowest BCUT2D eigenvalue weighted by Crippen LogP contribution is -2.57. The molecule has 0 aromatic heterocycles. The predicted octanol–water partition coefficient (Wildman–Crippen LogP) is 1.29. The Hall–Kier alpha value is -2.65. The number of nitrogens with two attached hydrogens (primary N) is 1. The molecule has 0 bridgehead atoms. The zero-order valence-corrected chi connectivity index (χ0v) is 16.5. The predicted molar refractivity (Wildman–Crippen MR) is 107 cm³/mol. The first-order valence-corrected chi connectivity index (χ1v) is 9.98. The molecule has 1 aliphatic heterocycles. The van der Waals surface area contributed by atoms with Gasteiger partial charge in [0.1, 0.15) is 12.1 Å². The summed E-state index contributed by atoms with van der Waals surface area (Å²) in [7, 11) is 0. The standard InChI is InChI=1S/C20H30N4O5/c21-12-4-5-14-24(20(29)23-13-6-9-17(23)19(27)28)22-16(18(25)26)11-10-15-7-2-1-3-8-15/h1-3,7-8,16-17,22H,4-6,9-14,21H2,(H,25,26)(H,27,28)/t16-,17-/m0/s1. The maximum atomic E-state index is 13.0. The van der Waals surface area contributed by atoms with Gasteiger partial charge >= 0.3 is 18.0 Å². The smallest absolute Gasteiger partial charge is 0.335 e. The van der Waals surface area contributed by atoms with E-state index < -0.39 is 30.1 Å². The molecule has 29 heavy (non-hydrogen) atoms. The van der Waals surface area contributed by atoms with Gasteiger partial charge in [0.2, 0.25) is 0 Å². The fraction of sp³-hybridized carbons (Fsp3) is 0.550. The monoisotopic (exact) mass is 406 g/mol. The summed E-state index contributed by atoms with van der Waals surface area (Å²) in [5, 5.41) is 20.2. The zero-order valence-electron chi connectivity index (χ0n) is 16.5. The molecule has 2 rings (SSSR count). The Morgan fingerprint density at radius 2 is 1.93 bits per heavy atom. The minimum atomic E-state index is -1.06. The molecular formula is C20H30N4O5. The molecule has 0 spiro atoms. The lowest BCUT2D eigenvalue weighted by Gasteiger charge is -2.32. The van der Waals surface area contributed by atoms with E-state index in [1.165, 1.54) is 9.91 Å². The number of nitrogens with zero attached hydrogens (tertiary/aromatic N) is 2. The number of unbranched alkanes of at least 4 members (excludes halogenated alkanes) is 1. The average molecular weight is 406 g/mol. The number of amides is 2. The number of hydrogen-bond donors (Lipinski definition) is 4. The molecule has 0 radical (unpaired) electrons. The van der Waals surface area contributed by atoms with Gasteiger partial charge in [-0.3, -0.25) is 9.80 Å². The first-order chi connectivity index (χ1) is 13.9. The van der Waals surface area contributed by atoms with Gasteiger partial charge in [-0.25, -0.2) is 15.0 Å². The number of carbonyl (C=O) groups is 3. The SMILES string of the molecule is NCCCCN(N[C@@H](CCc1ccccc1)C(=O)O)C(=O)N1CCC[C@H]1C(=O)O. The average Bonchev–Trinajstić information content (AvgIpc) is 3.20. The second-order valence-electron chi connectivity index (χ2n) is 7.16. The van der Waals surface area contributed by atoms with Gasteiger partial charge in [-0.1, -0.05) is 30.3 Å². The summed E-state index contributed by atoms with van der Waals surface area (Å²) >= 11 is 0. The first-order valence-electron chi connectivity index (χ1n) is 9.98. The van der Waals surface area contributed by atoms with E-state index in [2.05, 4.69) is 5.43 Å². The fourth-order valence-corrected chi connectivity index (χ4v) is 3.42. The third-order valence-corrected chi connectivity index (χ3v) is 5.02. The number of benzene rings is 1. The van der Waals surface area contributed by atoms with Crippen LogP contribution in [0.15, 0.2) is 30.3 Å². The third-order valence-electron chi connectivity index (χ3n) is 5.02. The second kappa shape index (κ2) is 11.4. The molecule has 1 aliphatic rings. The van der Waals surface area contributed by atoms with Gasteiger partial charge in [0.15, 0.2) is 0 Å². The Balaban J connectivity index is 2.08. The van der Waals surface area contributed by atoms with E-state index in [1.807, 2.05) is 30.3 Å². The van der Waals surface area contributed by atoms with Crippen molar-refractivity contribution < 1.29 is 24.6 Å². The topological polar surface area (TPSA) is 136 Å². The molecule has 1 saturated heterocycles. The highest BCUT2D eigenvalue weighted by molar-refractivity contribution is 5.83. The number of nitrogens with one attached hydrogen (secondary N) is 1. The van der Waals surface area contributed by atoms with Crippen LogP contribution in [-0.2, 0) is 16.0 Å². The summed E-state index contributed by atoms with van der Waals surface area (Å²) < 4.78 is 0. The maximum Gasteiger partial charge on any atom is 0.335 e. The van der Waals surface area contributed by atoms with Crippen molar-refractivity contribution in [1.82, 2.24) is 15.3 Å². The molecular weight excluding hydrogens is 376 g/mol. The summed E-state index contributed by atoms with van der Waals surface area (Å²) in [5.74, 6) is -2.11. The molecule has 5 N–H and O–H groups in total. The van der Waals surface area contributed by atoms with Gasteiger partial charge in [-0.05, 0) is 50.6 Å². The number of aryl methyl sites for hydroxylation is 1. The summed E-state index contributed by atoms with van der Waals surface area (Å²) in [6.07, 6.45) is 3.10. The summed E-state index contributed by atoms with van der Waals surface area (Å²) in [5.41, 5.74) is 9.36. The van der Waals surface area contributed by atoms with Gasteiger partial charge in [0, 0.05) is 13.1 Å². The van der Waals surface area contributed by atoms with Crippen LogP contribution in [0.2, 0.25) is 0 Å². The molecule has 9 heteroatoms. The number of carboxylic acids is 2. The van der Waals surface area contributed by atoms with Crippen LogP contribution in [0.25, 0.3) is 0 Å². The fourth-order valence-electron chi connectivity index (χ4n) is 3.42. The van der Waals surface area contributed by atoms with E-state index in [1.54, 1.807) is 0 Å². The molecule has 0 saturated carbocycles. The molecule has 1 aromatic rings. The first kappa shape index (κ1) is 22.6. The Morgan fingerprint density at radius 1 is 1.21 bits per heavy atom. The maximum absolute atomic E-state index is 13.0. The van der Waals surface area contributed by atoms with Crippen molar-refractivity contribution in [2.75, 3.05) is 19.6 Å². The quantitative estimate of drug-likeness (QED) is 0.321. The summed E-state index contributed by atoms with van der Waals surface area (Å²) in [4.78, 5) is 37.5. The Morgan fingerprint density at radius 3 is 2.55 bits per heavy atom. The van der Waals surface area contributed by atoms with Crippen LogP contribution < -0.4 is 11.2 Å². The number of rotatable bonds is 11. The van der Waals surface area contributed by atoms with Crippen molar-refractivity contribution in [3.63, 3.8) is 0 Å². The van der Waals surface area contributed by atoms with Crippen LogP contribution in [-0.4, -0.2) is 69.8 Å². The van der Waals surface area contributed by atoms with Crippen LogP contribution >= 0.6 is 0 Å². The molecule has 2 atom stereocenters. The normalized spacial score (nSPS) is 17.1. The highest BCUT2D eigenvalue weighted by Gasteiger charge is 2.37. The molecule has 9 nitrogen and oxygen atoms in total. The number of hydrogen-bond acceptors (Lipinski definition) is 5. The van der Waals surface area contributed by atoms with E-state index in [9.17, 15) is 24.6 Å². The highest BCUT2D eigenvalue weighted by atomic mass is 16.4. The lowest BCUT2D eigenvalue weighted by molar-refractivity contribution is -0.143. The van der Waals surface area contributed by atoms with Gasteiger partial charge in [0.05, 0.1) is 0 Å². The van der Waals surface area contributed by atoms with Gasteiger partial charge in [-0.2, -0.15) is 0 Å². The lowest BCUT2D eigenvalue weighted by atomic mass is 10.1. The molecule has 0 unspecified atom stereocenters. The van der Waals surface area contributed by atoms with Crippen molar-refractivity contribution in [3.05, 3.63) is 35.9 Å². The molecule has 0 aliphatic carbocycles. The van der Waals surface area contributed by atoms with Crippen molar-refractivity contribution in [3.8, 4) is 0 Å². The largest absolute Gasteiger partial charge is 0.480 e. The van der Waals surface area contributed by atoms with E-state index in [4.69, 9.17) is 5.73 Å². The van der Waals surface area contributed by atoms with Gasteiger partial charge in [-0.15, -0.1) is 0 Å². The molecule has 1 aromatic carbocycles. The summed E-state index contributed by atoms with van der Waals surface area (Å²) in [6.45, 7) is 1.06. The van der Waals surface area contributed by atoms with Crippen molar-refractivity contribution in [1.29, 1.82) is 0 Å². The van der Waals surface area contributed by atoms with Gasteiger partial charge < -0.3 is 20.8 Å². The van der Waals surface area contributed by atoms with Crippen LogP contribution in [0.1, 0.15) is 37.7 Å². The van der Waals surface area contributed by atoms with Crippen LogP contribution in [0.3, 0.4) is 0 Å². The van der Waals surface area contributed by atoms with E-state index in [0.717, 1.165) is 5.56 Å². The zero-order chi connectivity index (χ0) is 21.2. The Kier molecular flexibility index (Phi) is 8.88. The van der Waals surface area contributed by atoms with Crippen molar-refractivity contribution >= 4 is 18.0 Å². The highest BCUT2D eigenvalue weighted by Crippen LogP contribution is 2.19. The van der Waals surface area contributed by atoms with Crippen molar-refractivity contribution in [2.24, 2.45) is 5.73 Å². The number of aliphatic carboxylic acids is 2. The molecule has 2 amide bonds. The second-order valence-corrected chi connectivity index (χ2v) is 7.16. The number of carbonyl (C=O) groups excluding carboxylic acids is 1. The van der Waals surface area contributed by atoms with Crippen LogP contribution in [0.4, 0.5) is 4.79 Å². The molecule has 1 fully saturated rings. The van der Waals surface area contributed by atoms with E-state index >= 15 is 0 Å². The third kappa shape index (κ3) is 6.72. The van der Waals surface area contributed by atoms with Crippen LogP contribution in [0, 0.1) is 0 Å². The number of likely N-dealkylation sites (tertiary alicyclic amines) is 1. The molecule has 160 valence electrons. The number of carboxylic acid groups (broad SMARTS) is 2. The van der Waals surface area contributed by atoms with E-state index in [0.29, 0.717) is 51.6 Å². The number of hydrazine groups is 1. The number of urea groups is 1. The van der Waals surface area contributed by atoms with Crippen molar-refractivity contribution in [2.45, 2.75) is 50.6 Å². The summed E-state index contributed by atoms with van der Waals surface area (Å²) in [6, 6.07) is 7.16.